The molecule has 160 valence electrons. The highest BCUT2D eigenvalue weighted by atomic mass is 16.6. The molecule has 0 spiro atoms. The minimum Gasteiger partial charge on any atom is -0.478 e. The van der Waals surface area contributed by atoms with Crippen molar-refractivity contribution in [1.29, 1.82) is 0 Å². The maximum atomic E-state index is 12.3. The third-order valence-corrected chi connectivity index (χ3v) is 4.85. The molecule has 2 N–H and O–H groups in total. The zero-order valence-electron chi connectivity index (χ0n) is 17.4. The van der Waals surface area contributed by atoms with Gasteiger partial charge in [-0.2, -0.15) is 0 Å². The number of likely N-dealkylation sites (N-methyl/N-ethyl adjacent to an activating group) is 1. The lowest BCUT2D eigenvalue weighted by atomic mass is 9.88. The zero-order chi connectivity index (χ0) is 21.3. The highest BCUT2D eigenvalue weighted by Gasteiger charge is 2.36. The largest absolute Gasteiger partial charge is 0.478 e. The fraction of sp³-hybridized carbons (Fsp3) is 0.750. The first kappa shape index (κ1) is 23.9. The van der Waals surface area contributed by atoms with E-state index in [4.69, 9.17) is 14.9 Å². The van der Waals surface area contributed by atoms with E-state index in [1.807, 2.05) is 32.7 Å². The van der Waals surface area contributed by atoms with Gasteiger partial charge < -0.3 is 19.8 Å². The average molecular weight is 399 g/mol. The summed E-state index contributed by atoms with van der Waals surface area (Å²) in [6.45, 7) is 8.18. The predicted molar refractivity (Wildman–Crippen MR) is 105 cm³/mol. The third kappa shape index (κ3) is 8.73. The van der Waals surface area contributed by atoms with Gasteiger partial charge in [0.1, 0.15) is 5.60 Å². The van der Waals surface area contributed by atoms with E-state index >= 15 is 0 Å². The molecule has 28 heavy (non-hydrogen) atoms. The van der Waals surface area contributed by atoms with E-state index in [9.17, 15) is 14.4 Å². The summed E-state index contributed by atoms with van der Waals surface area (Å²) in [4.78, 5) is 35.9. The van der Waals surface area contributed by atoms with Crippen LogP contribution in [0, 0.1) is 0 Å². The van der Waals surface area contributed by atoms with E-state index in [0.29, 0.717) is 24.2 Å². The van der Waals surface area contributed by atoms with E-state index in [1.165, 1.54) is 45.2 Å². The van der Waals surface area contributed by atoms with Crippen molar-refractivity contribution in [2.75, 3.05) is 20.1 Å². The van der Waals surface area contributed by atoms with Crippen LogP contribution in [0.4, 0.5) is 4.79 Å². The summed E-state index contributed by atoms with van der Waals surface area (Å²) in [6.07, 6.45) is 8.40. The summed E-state index contributed by atoms with van der Waals surface area (Å²) < 4.78 is 5.53. The molecule has 1 heterocycles. The smallest absolute Gasteiger partial charge is 0.410 e. The van der Waals surface area contributed by atoms with Gasteiger partial charge in [-0.3, -0.25) is 4.90 Å². The Hall–Kier alpha value is -2.09. The van der Waals surface area contributed by atoms with E-state index in [-0.39, 0.29) is 6.09 Å². The van der Waals surface area contributed by atoms with Crippen LogP contribution < -0.4 is 0 Å². The van der Waals surface area contributed by atoms with Crippen molar-refractivity contribution in [2.45, 2.75) is 77.0 Å². The lowest BCUT2D eigenvalue weighted by Crippen LogP contribution is -2.53. The number of rotatable bonds is 4. The van der Waals surface area contributed by atoms with Crippen molar-refractivity contribution in [2.24, 2.45) is 0 Å². The maximum Gasteiger partial charge on any atom is 0.410 e. The van der Waals surface area contributed by atoms with Gasteiger partial charge in [0.2, 0.25) is 0 Å². The van der Waals surface area contributed by atoms with Crippen molar-refractivity contribution < 1.29 is 29.3 Å². The molecule has 8 nitrogen and oxygen atoms in total. The molecule has 1 amide bonds. The number of hydrogen-bond donors (Lipinski definition) is 2. The molecule has 2 fully saturated rings. The summed E-state index contributed by atoms with van der Waals surface area (Å²) in [5.41, 5.74) is -0.414. The first-order valence-corrected chi connectivity index (χ1v) is 9.85. The van der Waals surface area contributed by atoms with E-state index < -0.39 is 17.5 Å². The molecule has 8 heteroatoms. The number of likely N-dealkylation sites (tertiary alicyclic amines) is 1. The number of aliphatic carboxylic acids is 2. The molecule has 2 rings (SSSR count). The molecule has 0 bridgehead atoms. The van der Waals surface area contributed by atoms with Crippen molar-refractivity contribution in [3.63, 3.8) is 0 Å². The van der Waals surface area contributed by atoms with E-state index in [1.54, 1.807) is 0 Å². The molecule has 2 aliphatic rings. The Labute approximate surface area is 167 Å². The standard InChI is InChI=1S/C16H30N2O2.C4H4O4/c1-16(2,3)20-15(19)17(4)13-9-5-6-10-14(13)18-11-7-8-12-18;5-3(6)1-2-4(7)8/h13-14H,5-12H2,1-4H3;1-2H,(H,5,6)(H,7,8)/b;2-1+/t13-,14+;/m0./s1. The first-order valence-electron chi connectivity index (χ1n) is 9.85. The Bertz CT molecular complexity index is 548. The normalized spacial score (nSPS) is 23.0. The van der Waals surface area contributed by atoms with Gasteiger partial charge in [-0.1, -0.05) is 12.8 Å². The molecule has 0 aromatic carbocycles. The van der Waals surface area contributed by atoms with Gasteiger partial charge >= 0.3 is 18.0 Å². The summed E-state index contributed by atoms with van der Waals surface area (Å²) in [7, 11) is 1.91. The Kier molecular flexibility index (Phi) is 9.45. The summed E-state index contributed by atoms with van der Waals surface area (Å²) in [5.74, 6) is -2.51. The van der Waals surface area contributed by atoms with Gasteiger partial charge in [-0.15, -0.1) is 0 Å². The fourth-order valence-electron chi connectivity index (χ4n) is 3.65. The third-order valence-electron chi connectivity index (χ3n) is 4.85. The lowest BCUT2D eigenvalue weighted by molar-refractivity contribution is -0.134. The number of carboxylic acids is 2. The van der Waals surface area contributed by atoms with Crippen LogP contribution in [0.2, 0.25) is 0 Å². The molecule has 1 aliphatic heterocycles. The average Bonchev–Trinajstić information content (AvgIpc) is 3.13. The number of amides is 1. The van der Waals surface area contributed by atoms with Crippen LogP contribution in [-0.2, 0) is 14.3 Å². The number of hydrogen-bond acceptors (Lipinski definition) is 5. The fourth-order valence-corrected chi connectivity index (χ4v) is 3.65. The highest BCUT2D eigenvalue weighted by molar-refractivity contribution is 5.89. The number of carbonyl (C=O) groups excluding carboxylic acids is 1. The minimum atomic E-state index is -1.26. The van der Waals surface area contributed by atoms with Crippen molar-refractivity contribution in [1.82, 2.24) is 9.80 Å². The Morgan fingerprint density at radius 3 is 1.93 bits per heavy atom. The zero-order valence-corrected chi connectivity index (χ0v) is 17.4. The SMILES string of the molecule is CN(C(=O)OC(C)(C)C)[C@H]1CCCC[C@H]1N1CCCC1.O=C(O)/C=C/C(=O)O. The lowest BCUT2D eigenvalue weighted by Gasteiger charge is -2.42. The molecular formula is C20H34N2O6. The quantitative estimate of drug-likeness (QED) is 0.701. The molecule has 0 aromatic heterocycles. The van der Waals surface area contributed by atoms with Crippen molar-refractivity contribution >= 4 is 18.0 Å². The van der Waals surface area contributed by atoms with Crippen LogP contribution in [0.3, 0.4) is 0 Å². The molecule has 0 aromatic rings. The second-order valence-electron chi connectivity index (χ2n) is 8.26. The van der Waals surface area contributed by atoms with Crippen LogP contribution in [0.15, 0.2) is 12.2 Å². The number of ether oxygens (including phenoxy) is 1. The predicted octanol–water partition coefficient (Wildman–Crippen LogP) is 2.97. The Morgan fingerprint density at radius 1 is 0.964 bits per heavy atom. The number of carboxylic acid groups (broad SMARTS) is 2. The maximum absolute atomic E-state index is 12.3. The first-order chi connectivity index (χ1) is 13.0. The van der Waals surface area contributed by atoms with Gasteiger partial charge in [0.05, 0.1) is 6.04 Å². The van der Waals surface area contributed by atoms with Gasteiger partial charge in [0.25, 0.3) is 0 Å². The van der Waals surface area contributed by atoms with Gasteiger partial charge in [0, 0.05) is 25.2 Å². The highest BCUT2D eigenvalue weighted by Crippen LogP contribution is 2.29. The Balaban J connectivity index is 0.000000416. The molecule has 1 saturated carbocycles. The van der Waals surface area contributed by atoms with Crippen LogP contribution in [0.25, 0.3) is 0 Å². The monoisotopic (exact) mass is 398 g/mol. The topological polar surface area (TPSA) is 107 Å². The number of carbonyl (C=O) groups is 3. The molecule has 2 atom stereocenters. The summed E-state index contributed by atoms with van der Waals surface area (Å²) >= 11 is 0. The summed E-state index contributed by atoms with van der Waals surface area (Å²) in [6, 6.07) is 0.848. The minimum absolute atomic E-state index is 0.173. The van der Waals surface area contributed by atoms with Crippen LogP contribution in [-0.4, -0.2) is 75.9 Å². The number of nitrogens with zero attached hydrogens (tertiary/aromatic N) is 2. The summed E-state index contributed by atoms with van der Waals surface area (Å²) in [5, 5.41) is 15.6. The van der Waals surface area contributed by atoms with Gasteiger partial charge in [-0.25, -0.2) is 14.4 Å². The second-order valence-corrected chi connectivity index (χ2v) is 8.26. The molecule has 1 saturated heterocycles. The van der Waals surface area contributed by atoms with Crippen molar-refractivity contribution in [3.05, 3.63) is 12.2 Å². The van der Waals surface area contributed by atoms with Crippen LogP contribution in [0.5, 0.6) is 0 Å². The van der Waals surface area contributed by atoms with E-state index in [2.05, 4.69) is 4.90 Å². The van der Waals surface area contributed by atoms with Crippen LogP contribution >= 0.6 is 0 Å². The van der Waals surface area contributed by atoms with Crippen molar-refractivity contribution in [3.8, 4) is 0 Å². The molecule has 0 unspecified atom stereocenters. The van der Waals surface area contributed by atoms with Crippen LogP contribution in [0.1, 0.15) is 59.3 Å². The molecular weight excluding hydrogens is 364 g/mol. The molecule has 0 radical (unpaired) electrons. The second kappa shape index (κ2) is 11.0. The van der Waals surface area contributed by atoms with E-state index in [0.717, 1.165) is 6.42 Å². The Morgan fingerprint density at radius 2 is 1.46 bits per heavy atom. The van der Waals surface area contributed by atoms with Gasteiger partial charge in [0.15, 0.2) is 0 Å². The van der Waals surface area contributed by atoms with Gasteiger partial charge in [-0.05, 0) is 59.5 Å². The molecule has 1 aliphatic carbocycles.